The van der Waals surface area contributed by atoms with E-state index in [0.29, 0.717) is 4.34 Å². The molecular formula is C11H9BrClNO2S2. The third-order valence-electron chi connectivity index (χ3n) is 2.17. The fraction of sp³-hybridized carbons (Fsp3) is 0.0909. The first kappa shape index (κ1) is 14.0. The molecule has 1 aromatic heterocycles. The second-order valence-electron chi connectivity index (χ2n) is 3.51. The van der Waals surface area contributed by atoms with E-state index in [0.717, 1.165) is 21.4 Å². The number of hydrogen-bond acceptors (Lipinski definition) is 3. The number of sulfonamides is 1. The molecule has 0 radical (unpaired) electrons. The first-order valence-corrected chi connectivity index (χ1v) is 8.44. The largest absolute Gasteiger partial charge is 0.250 e. The summed E-state index contributed by atoms with van der Waals surface area (Å²) in [6, 6.07) is 10.5. The maximum absolute atomic E-state index is 11.9. The van der Waals surface area contributed by atoms with Crippen molar-refractivity contribution in [1.82, 2.24) is 4.72 Å². The van der Waals surface area contributed by atoms with Crippen LogP contribution < -0.4 is 4.72 Å². The van der Waals surface area contributed by atoms with Crippen LogP contribution in [0.15, 0.2) is 45.1 Å². The van der Waals surface area contributed by atoms with Crippen molar-refractivity contribution in [2.75, 3.05) is 0 Å². The van der Waals surface area contributed by atoms with Crippen molar-refractivity contribution in [2.24, 2.45) is 0 Å². The molecule has 18 heavy (non-hydrogen) atoms. The molecule has 0 fully saturated rings. The molecule has 0 saturated heterocycles. The van der Waals surface area contributed by atoms with Crippen LogP contribution in [0, 0.1) is 0 Å². The summed E-state index contributed by atoms with van der Waals surface area (Å²) < 4.78 is 28.0. The van der Waals surface area contributed by atoms with Gasteiger partial charge >= 0.3 is 0 Å². The van der Waals surface area contributed by atoms with Gasteiger partial charge in [-0.2, -0.15) is 0 Å². The Bertz CT molecular complexity index is 655. The zero-order valence-corrected chi connectivity index (χ0v) is 13.0. The van der Waals surface area contributed by atoms with Crippen LogP contribution in [0.4, 0.5) is 0 Å². The minimum absolute atomic E-state index is 0.225. The average Bonchev–Trinajstić information content (AvgIpc) is 2.74. The van der Waals surface area contributed by atoms with Gasteiger partial charge in [-0.1, -0.05) is 39.7 Å². The molecule has 0 atom stereocenters. The predicted octanol–water partition coefficient (Wildman–Crippen LogP) is 3.64. The SMILES string of the molecule is O=S(=O)(NCc1cccc(Br)c1)c1ccc(Cl)s1. The molecule has 96 valence electrons. The summed E-state index contributed by atoms with van der Waals surface area (Å²) in [6.45, 7) is 0.247. The van der Waals surface area contributed by atoms with E-state index in [2.05, 4.69) is 20.7 Å². The Balaban J connectivity index is 2.10. The summed E-state index contributed by atoms with van der Waals surface area (Å²) in [5.41, 5.74) is 0.885. The van der Waals surface area contributed by atoms with E-state index in [1.54, 1.807) is 6.07 Å². The van der Waals surface area contributed by atoms with Crippen molar-refractivity contribution in [1.29, 1.82) is 0 Å². The predicted molar refractivity (Wildman–Crippen MR) is 77.5 cm³/mol. The van der Waals surface area contributed by atoms with Crippen LogP contribution in [0.3, 0.4) is 0 Å². The van der Waals surface area contributed by atoms with Crippen molar-refractivity contribution < 1.29 is 8.42 Å². The minimum Gasteiger partial charge on any atom is -0.206 e. The lowest BCUT2D eigenvalue weighted by molar-refractivity contribution is 0.583. The normalized spacial score (nSPS) is 11.7. The van der Waals surface area contributed by atoms with Gasteiger partial charge in [-0.25, -0.2) is 13.1 Å². The summed E-state index contributed by atoms with van der Waals surface area (Å²) in [6.07, 6.45) is 0. The molecule has 0 aliphatic heterocycles. The third-order valence-corrected chi connectivity index (χ3v) is 5.79. The van der Waals surface area contributed by atoms with Gasteiger partial charge in [0.1, 0.15) is 4.21 Å². The van der Waals surface area contributed by atoms with Crippen molar-refractivity contribution in [3.63, 3.8) is 0 Å². The fourth-order valence-electron chi connectivity index (χ4n) is 1.34. The van der Waals surface area contributed by atoms with Crippen molar-refractivity contribution in [3.8, 4) is 0 Å². The van der Waals surface area contributed by atoms with Crippen LogP contribution in [0.2, 0.25) is 4.34 Å². The molecule has 0 spiro atoms. The summed E-state index contributed by atoms with van der Waals surface area (Å²) >= 11 is 10.1. The lowest BCUT2D eigenvalue weighted by Crippen LogP contribution is -2.22. The van der Waals surface area contributed by atoms with Crippen molar-refractivity contribution >= 4 is 48.9 Å². The Labute approximate surface area is 123 Å². The molecule has 0 bridgehead atoms. The van der Waals surface area contributed by atoms with Gasteiger partial charge in [0, 0.05) is 11.0 Å². The zero-order chi connectivity index (χ0) is 13.2. The van der Waals surface area contributed by atoms with Crippen LogP contribution in [0.5, 0.6) is 0 Å². The van der Waals surface area contributed by atoms with Gasteiger partial charge in [0.2, 0.25) is 10.0 Å². The van der Waals surface area contributed by atoms with Crippen molar-refractivity contribution in [3.05, 3.63) is 50.8 Å². The third kappa shape index (κ3) is 3.55. The first-order valence-electron chi connectivity index (χ1n) is 4.97. The molecule has 1 aromatic carbocycles. The van der Waals surface area contributed by atoms with Crippen LogP contribution in [-0.2, 0) is 16.6 Å². The molecule has 0 unspecified atom stereocenters. The Morgan fingerprint density at radius 1 is 1.28 bits per heavy atom. The highest BCUT2D eigenvalue weighted by Crippen LogP contribution is 2.25. The summed E-state index contributed by atoms with van der Waals surface area (Å²) in [4.78, 5) is 0. The highest BCUT2D eigenvalue weighted by atomic mass is 79.9. The molecule has 2 rings (SSSR count). The van der Waals surface area contributed by atoms with Gasteiger partial charge in [0.05, 0.1) is 4.34 Å². The first-order chi connectivity index (χ1) is 8.47. The minimum atomic E-state index is -3.48. The van der Waals surface area contributed by atoms with Gasteiger partial charge in [-0.15, -0.1) is 11.3 Å². The summed E-state index contributed by atoms with van der Waals surface area (Å²) in [5.74, 6) is 0. The van der Waals surface area contributed by atoms with E-state index < -0.39 is 10.0 Å². The molecule has 7 heteroatoms. The number of hydrogen-bond donors (Lipinski definition) is 1. The van der Waals surface area contributed by atoms with Crippen LogP contribution >= 0.6 is 38.9 Å². The number of halogens is 2. The zero-order valence-electron chi connectivity index (χ0n) is 9.06. The lowest BCUT2D eigenvalue weighted by Gasteiger charge is -2.05. The molecule has 0 aliphatic carbocycles. The fourth-order valence-corrected chi connectivity index (χ4v) is 4.33. The Hall–Kier alpha value is -0.400. The number of thiophene rings is 1. The topological polar surface area (TPSA) is 46.2 Å². The highest BCUT2D eigenvalue weighted by molar-refractivity contribution is 9.10. The second-order valence-corrected chi connectivity index (χ2v) is 8.14. The van der Waals surface area contributed by atoms with E-state index in [9.17, 15) is 8.42 Å². The summed E-state index contributed by atoms with van der Waals surface area (Å²) in [7, 11) is -3.48. The van der Waals surface area contributed by atoms with E-state index in [1.807, 2.05) is 24.3 Å². The molecule has 2 aromatic rings. The van der Waals surface area contributed by atoms with Gasteiger partial charge in [0.15, 0.2) is 0 Å². The molecule has 1 N–H and O–H groups in total. The number of nitrogens with one attached hydrogen (secondary N) is 1. The smallest absolute Gasteiger partial charge is 0.206 e. The van der Waals surface area contributed by atoms with Gasteiger partial charge in [-0.3, -0.25) is 0 Å². The maximum Gasteiger partial charge on any atom is 0.250 e. The molecular weight excluding hydrogens is 358 g/mol. The molecule has 3 nitrogen and oxygen atoms in total. The van der Waals surface area contributed by atoms with E-state index in [-0.39, 0.29) is 10.8 Å². The number of benzene rings is 1. The Morgan fingerprint density at radius 3 is 2.67 bits per heavy atom. The van der Waals surface area contributed by atoms with Crippen LogP contribution in [0.25, 0.3) is 0 Å². The molecule has 1 heterocycles. The van der Waals surface area contributed by atoms with Gasteiger partial charge in [0.25, 0.3) is 0 Å². The lowest BCUT2D eigenvalue weighted by atomic mass is 10.2. The highest BCUT2D eigenvalue weighted by Gasteiger charge is 2.15. The quantitative estimate of drug-likeness (QED) is 0.898. The molecule has 0 aliphatic rings. The average molecular weight is 367 g/mol. The van der Waals surface area contributed by atoms with E-state index in [1.165, 1.54) is 6.07 Å². The molecule has 0 saturated carbocycles. The Morgan fingerprint density at radius 2 is 2.06 bits per heavy atom. The number of rotatable bonds is 4. The standard InChI is InChI=1S/C11H9BrClNO2S2/c12-9-3-1-2-8(6-9)7-14-18(15,16)11-5-4-10(13)17-11/h1-6,14H,7H2. The monoisotopic (exact) mass is 365 g/mol. The van der Waals surface area contributed by atoms with Crippen LogP contribution in [-0.4, -0.2) is 8.42 Å². The second kappa shape index (κ2) is 5.71. The maximum atomic E-state index is 11.9. The van der Waals surface area contributed by atoms with E-state index in [4.69, 9.17) is 11.6 Å². The summed E-state index contributed by atoms with van der Waals surface area (Å²) in [5, 5.41) is 0. The molecule has 0 amide bonds. The van der Waals surface area contributed by atoms with Gasteiger partial charge in [-0.05, 0) is 29.8 Å². The Kier molecular flexibility index (Phi) is 4.45. The van der Waals surface area contributed by atoms with Crippen molar-refractivity contribution in [2.45, 2.75) is 10.8 Å². The van der Waals surface area contributed by atoms with Gasteiger partial charge < -0.3 is 0 Å². The van der Waals surface area contributed by atoms with E-state index >= 15 is 0 Å². The van der Waals surface area contributed by atoms with Crippen LogP contribution in [0.1, 0.15) is 5.56 Å².